The van der Waals surface area contributed by atoms with Crippen molar-refractivity contribution >= 4 is 15.9 Å². The van der Waals surface area contributed by atoms with E-state index in [1.165, 1.54) is 0 Å². The van der Waals surface area contributed by atoms with Crippen LogP contribution in [0.25, 0.3) is 0 Å². The van der Waals surface area contributed by atoms with E-state index in [0.717, 1.165) is 0 Å². The molecule has 0 aliphatic heterocycles. The highest BCUT2D eigenvalue weighted by atomic mass is 32.2. The molecule has 0 fully saturated rings. The van der Waals surface area contributed by atoms with Crippen LogP contribution in [0.5, 0.6) is 0 Å². The van der Waals surface area contributed by atoms with E-state index in [-0.39, 0.29) is 0 Å². The molecule has 0 radical (unpaired) electrons. The minimum atomic E-state index is -6.39. The fourth-order valence-electron chi connectivity index (χ4n) is 0.917. The molecule has 19 heavy (non-hydrogen) atoms. The van der Waals surface area contributed by atoms with Crippen LogP contribution in [0.3, 0.4) is 0 Å². The zero-order valence-corrected chi connectivity index (χ0v) is 8.96. The van der Waals surface area contributed by atoms with Crippen molar-refractivity contribution < 1.29 is 43.8 Å². The summed E-state index contributed by atoms with van der Waals surface area (Å²) in [5.41, 5.74) is -2.68. The lowest BCUT2D eigenvalue weighted by molar-refractivity contribution is -0.0555. The molecular weight excluding hydrogens is 316 g/mol. The van der Waals surface area contributed by atoms with Crippen LogP contribution in [-0.2, 0) is 10.2 Å². The van der Waals surface area contributed by atoms with Gasteiger partial charge in [0.15, 0.2) is 33.7 Å². The van der Waals surface area contributed by atoms with Crippen molar-refractivity contribution in [1.82, 2.24) is 4.75 Å². The van der Waals surface area contributed by atoms with E-state index in [9.17, 15) is 43.8 Å². The van der Waals surface area contributed by atoms with Gasteiger partial charge in [0.2, 0.25) is 5.82 Å². The number of halogens is 8. The largest absolute Gasteiger partial charge is 0.385 e. The molecule has 108 valence electrons. The van der Waals surface area contributed by atoms with Crippen molar-refractivity contribution in [3.05, 3.63) is 29.1 Å². The van der Waals surface area contributed by atoms with Crippen molar-refractivity contribution in [3.63, 3.8) is 0 Å². The zero-order chi connectivity index (χ0) is 15.1. The first-order chi connectivity index (χ1) is 8.53. The second-order valence-corrected chi connectivity index (χ2v) is 4.31. The van der Waals surface area contributed by atoms with Crippen LogP contribution in [0, 0.1) is 29.1 Å². The van der Waals surface area contributed by atoms with Crippen LogP contribution in [0.4, 0.5) is 41.1 Å². The van der Waals surface area contributed by atoms with Gasteiger partial charge in [0.1, 0.15) is 0 Å². The van der Waals surface area contributed by atoms with Crippen LogP contribution < -0.4 is 4.53 Å². The molecule has 4 nitrogen and oxygen atoms in total. The minimum Gasteiger partial charge on any atom is -0.201 e. The summed E-state index contributed by atoms with van der Waals surface area (Å²) in [6.45, 7) is 0. The Morgan fingerprint density at radius 3 is 1.32 bits per heavy atom. The average Bonchev–Trinajstić information content (AvgIpc) is 2.33. The molecule has 0 aliphatic rings. The maximum Gasteiger partial charge on any atom is 0.385 e. The maximum absolute atomic E-state index is 13.0. The predicted molar refractivity (Wildman–Crippen MR) is 42.8 cm³/mol. The maximum atomic E-state index is 13.0. The summed E-state index contributed by atoms with van der Waals surface area (Å²) in [6, 6.07) is 0. The van der Waals surface area contributed by atoms with E-state index in [1.807, 2.05) is 0 Å². The topological polar surface area (TPSA) is 40.6 Å². The van der Waals surface area contributed by atoms with Crippen molar-refractivity contribution in [2.45, 2.75) is 0 Å². The summed E-state index contributed by atoms with van der Waals surface area (Å²) in [4.78, 5) is 0. The normalized spacial score (nSPS) is 12.1. The van der Waals surface area contributed by atoms with Gasteiger partial charge in [-0.2, -0.15) is 8.42 Å². The van der Waals surface area contributed by atoms with E-state index < -0.39 is 54.3 Å². The average molecular weight is 316 g/mol. The molecule has 0 aromatic heterocycles. The molecule has 0 saturated carbocycles. The molecule has 13 heteroatoms. The first-order valence-corrected chi connectivity index (χ1v) is 5.27. The molecule has 0 spiro atoms. The number of anilines is 1. The number of hydrogen-bond acceptors (Lipinski definition) is 2. The Morgan fingerprint density at radius 1 is 0.684 bits per heavy atom. The molecule has 1 aromatic rings. The molecule has 0 N–H and O–H groups in total. The first kappa shape index (κ1) is 15.4. The standard InChI is InChI=1S/C6F8N2O2S/c7-1-2(8)4(10)6(5(11)3(1)9)15(12)19(17,18)16(13)14. The van der Waals surface area contributed by atoms with Gasteiger partial charge in [-0.1, -0.05) is 18.0 Å². The number of nitrogens with zero attached hydrogens (tertiary/aromatic N) is 2. The van der Waals surface area contributed by atoms with Gasteiger partial charge in [0, 0.05) is 0 Å². The second kappa shape index (κ2) is 4.80. The molecule has 0 amide bonds. The van der Waals surface area contributed by atoms with Gasteiger partial charge in [0.25, 0.3) is 0 Å². The van der Waals surface area contributed by atoms with Crippen LogP contribution in [-0.4, -0.2) is 13.2 Å². The third-order valence-corrected chi connectivity index (χ3v) is 2.68. The van der Waals surface area contributed by atoms with Gasteiger partial charge in [-0.05, 0) is 0 Å². The summed E-state index contributed by atoms with van der Waals surface area (Å²) in [5.74, 6) is -14.0. The van der Waals surface area contributed by atoms with Crippen molar-refractivity contribution in [2.24, 2.45) is 0 Å². The van der Waals surface area contributed by atoms with Gasteiger partial charge in [-0.25, -0.2) is 22.0 Å². The monoisotopic (exact) mass is 316 g/mol. The lowest BCUT2D eigenvalue weighted by atomic mass is 10.2. The fourth-order valence-corrected chi connectivity index (χ4v) is 1.42. The Bertz CT molecular complexity index is 589. The van der Waals surface area contributed by atoms with E-state index in [2.05, 4.69) is 0 Å². The lowest BCUT2D eigenvalue weighted by Crippen LogP contribution is -2.32. The highest BCUT2D eigenvalue weighted by Gasteiger charge is 2.39. The molecule has 0 unspecified atom stereocenters. The summed E-state index contributed by atoms with van der Waals surface area (Å²) in [6.07, 6.45) is 0. The Morgan fingerprint density at radius 2 is 1.00 bits per heavy atom. The van der Waals surface area contributed by atoms with Crippen molar-refractivity contribution in [2.75, 3.05) is 4.53 Å². The highest BCUT2D eigenvalue weighted by molar-refractivity contribution is 7.90. The molecule has 1 rings (SSSR count). The lowest BCUT2D eigenvalue weighted by Gasteiger charge is -2.15. The van der Waals surface area contributed by atoms with Crippen molar-refractivity contribution in [3.8, 4) is 0 Å². The summed E-state index contributed by atoms with van der Waals surface area (Å²) >= 11 is 0. The van der Waals surface area contributed by atoms with Gasteiger partial charge in [-0.3, -0.25) is 0 Å². The van der Waals surface area contributed by atoms with E-state index >= 15 is 0 Å². The minimum absolute atomic E-state index is 2.27. The molecule has 0 saturated heterocycles. The molecule has 1 aromatic carbocycles. The Hall–Kier alpha value is -1.63. The van der Waals surface area contributed by atoms with Crippen LogP contribution in [0.1, 0.15) is 0 Å². The summed E-state index contributed by atoms with van der Waals surface area (Å²) in [7, 11) is -6.39. The highest BCUT2D eigenvalue weighted by Crippen LogP contribution is 2.32. The quantitative estimate of drug-likeness (QED) is 0.372. The zero-order valence-electron chi connectivity index (χ0n) is 8.14. The van der Waals surface area contributed by atoms with E-state index in [4.69, 9.17) is 0 Å². The second-order valence-electron chi connectivity index (χ2n) is 2.81. The SMILES string of the molecule is O=S(=O)(N(F)F)N(F)c1c(F)c(F)c(F)c(F)c1F. The van der Waals surface area contributed by atoms with Gasteiger partial charge >= 0.3 is 10.2 Å². The van der Waals surface area contributed by atoms with Crippen LogP contribution in [0.15, 0.2) is 0 Å². The van der Waals surface area contributed by atoms with Crippen molar-refractivity contribution in [1.29, 1.82) is 0 Å². The number of rotatable bonds is 3. The smallest absolute Gasteiger partial charge is 0.201 e. The number of benzene rings is 1. The van der Waals surface area contributed by atoms with Gasteiger partial charge < -0.3 is 0 Å². The third kappa shape index (κ3) is 2.30. The Labute approximate surface area is 99.0 Å². The number of hydrogen-bond donors (Lipinski definition) is 0. The molecule has 0 heterocycles. The van der Waals surface area contributed by atoms with Gasteiger partial charge in [0.05, 0.1) is 0 Å². The summed E-state index contributed by atoms with van der Waals surface area (Å²) in [5, 5.41) is 0. The van der Waals surface area contributed by atoms with Gasteiger partial charge in [-0.15, -0.1) is 0 Å². The molecule has 0 bridgehead atoms. The predicted octanol–water partition coefficient (Wildman–Crippen LogP) is 2.39. The van der Waals surface area contributed by atoms with Crippen LogP contribution in [0.2, 0.25) is 0 Å². The summed E-state index contributed by atoms with van der Waals surface area (Å²) < 4.78 is 116. The first-order valence-electron chi connectivity index (χ1n) is 3.87. The molecule has 0 atom stereocenters. The van der Waals surface area contributed by atoms with E-state index in [1.54, 1.807) is 0 Å². The van der Waals surface area contributed by atoms with Crippen LogP contribution >= 0.6 is 0 Å². The molecule has 0 aliphatic carbocycles. The fraction of sp³-hybridized carbons (Fsp3) is 0. The third-order valence-electron chi connectivity index (χ3n) is 1.74. The Kier molecular flexibility index (Phi) is 3.90. The molecular formula is C6F8N2O2S. The Balaban J connectivity index is 3.62. The van der Waals surface area contributed by atoms with E-state index in [0.29, 0.717) is 0 Å².